The molecule has 0 radical (unpaired) electrons. The van der Waals surface area contributed by atoms with Gasteiger partial charge in [0.1, 0.15) is 6.54 Å². The van der Waals surface area contributed by atoms with E-state index in [-0.39, 0.29) is 23.8 Å². The van der Waals surface area contributed by atoms with Crippen molar-refractivity contribution in [2.75, 3.05) is 10.6 Å². The number of hydrogen-bond donors (Lipinski definition) is 2. The smallest absolute Gasteiger partial charge is 0.246 e. The lowest BCUT2D eigenvalue weighted by Crippen LogP contribution is -2.22. The van der Waals surface area contributed by atoms with E-state index in [1.54, 1.807) is 42.5 Å². The number of carbonyl (C=O) groups excluding carboxylic acids is 2. The van der Waals surface area contributed by atoms with Crippen LogP contribution >= 0.6 is 11.6 Å². The third kappa shape index (κ3) is 3.89. The second kappa shape index (κ2) is 7.37. The normalized spacial score (nSPS) is 10.5. The molecule has 2 N–H and O–H groups in total. The fraction of sp³-hybridized carbons (Fsp3) is 0.111. The Bertz CT molecular complexity index is 1060. The van der Waals surface area contributed by atoms with Gasteiger partial charge in [-0.2, -0.15) is 5.10 Å². The Morgan fingerprint density at radius 1 is 1.15 bits per heavy atom. The molecule has 0 spiro atoms. The molecule has 3 aromatic rings. The van der Waals surface area contributed by atoms with Gasteiger partial charge >= 0.3 is 0 Å². The molecule has 0 unspecified atom stereocenters. The summed E-state index contributed by atoms with van der Waals surface area (Å²) in [5.41, 5.74) is 1.33. The maximum atomic E-state index is 12.3. The van der Waals surface area contributed by atoms with Crippen molar-refractivity contribution >= 4 is 45.7 Å². The van der Waals surface area contributed by atoms with Crippen LogP contribution in [-0.4, -0.2) is 21.6 Å². The number of nitrogens with one attached hydrogen (secondary N) is 2. The van der Waals surface area contributed by atoms with E-state index >= 15 is 0 Å². The van der Waals surface area contributed by atoms with Crippen LogP contribution in [0.25, 0.3) is 10.9 Å². The molecule has 0 atom stereocenters. The van der Waals surface area contributed by atoms with Gasteiger partial charge in [-0.3, -0.25) is 19.1 Å². The molecule has 132 valence electrons. The van der Waals surface area contributed by atoms with Crippen LogP contribution in [0.15, 0.2) is 53.5 Å². The molecule has 2 aromatic carbocycles. The summed E-state index contributed by atoms with van der Waals surface area (Å²) < 4.78 is 1.46. The first-order valence-corrected chi connectivity index (χ1v) is 8.13. The minimum Gasteiger partial charge on any atom is -0.325 e. The molecule has 8 heteroatoms. The number of aromatic nitrogens is 2. The van der Waals surface area contributed by atoms with Crippen molar-refractivity contribution in [3.8, 4) is 0 Å². The molecule has 3 rings (SSSR count). The lowest BCUT2D eigenvalue weighted by molar-refractivity contribution is -0.117. The van der Waals surface area contributed by atoms with Crippen molar-refractivity contribution in [2.45, 2.75) is 13.5 Å². The second-order valence-electron chi connectivity index (χ2n) is 5.61. The Morgan fingerprint density at radius 2 is 1.92 bits per heavy atom. The Balaban J connectivity index is 1.78. The van der Waals surface area contributed by atoms with Crippen molar-refractivity contribution in [2.24, 2.45) is 0 Å². The summed E-state index contributed by atoms with van der Waals surface area (Å²) >= 11 is 6.09. The number of amides is 2. The number of benzene rings is 2. The van der Waals surface area contributed by atoms with Gasteiger partial charge in [0.2, 0.25) is 17.2 Å². The standard InChI is InChI=1S/C18H15ClN4O3/c1-11(24)21-15-7-6-12(8-14(15)19)22-18(26)10-23-16-5-3-2-4-13(16)17(25)9-20-23/h2-9H,10H2,1H3,(H,21,24)(H,22,26). The van der Waals surface area contributed by atoms with Gasteiger partial charge in [0.25, 0.3) is 0 Å². The fourth-order valence-electron chi connectivity index (χ4n) is 2.51. The quantitative estimate of drug-likeness (QED) is 0.738. The second-order valence-corrected chi connectivity index (χ2v) is 6.01. The topological polar surface area (TPSA) is 93.1 Å². The van der Waals surface area contributed by atoms with E-state index in [2.05, 4.69) is 15.7 Å². The fourth-order valence-corrected chi connectivity index (χ4v) is 2.74. The predicted molar refractivity (Wildman–Crippen MR) is 100 cm³/mol. The third-order valence-corrected chi connectivity index (χ3v) is 3.93. The Morgan fingerprint density at radius 3 is 2.65 bits per heavy atom. The first kappa shape index (κ1) is 17.6. The zero-order chi connectivity index (χ0) is 18.7. The number of anilines is 2. The van der Waals surface area contributed by atoms with Crippen LogP contribution in [0.1, 0.15) is 6.92 Å². The van der Waals surface area contributed by atoms with E-state index in [9.17, 15) is 14.4 Å². The number of carbonyl (C=O) groups is 2. The Labute approximate surface area is 153 Å². The molecule has 26 heavy (non-hydrogen) atoms. The van der Waals surface area contributed by atoms with Crippen LogP contribution < -0.4 is 16.1 Å². The number of para-hydroxylation sites is 1. The van der Waals surface area contributed by atoms with Gasteiger partial charge in [0.05, 0.1) is 22.4 Å². The zero-order valence-electron chi connectivity index (χ0n) is 13.8. The Kier molecular flexibility index (Phi) is 4.99. The van der Waals surface area contributed by atoms with Gasteiger partial charge in [0, 0.05) is 18.0 Å². The summed E-state index contributed by atoms with van der Waals surface area (Å²) in [6.45, 7) is 1.32. The van der Waals surface area contributed by atoms with Gasteiger partial charge in [-0.25, -0.2) is 0 Å². The molecule has 0 aliphatic carbocycles. The van der Waals surface area contributed by atoms with Crippen molar-refractivity contribution in [1.82, 2.24) is 9.78 Å². The highest BCUT2D eigenvalue weighted by atomic mass is 35.5. The number of hydrogen-bond acceptors (Lipinski definition) is 4. The van der Waals surface area contributed by atoms with Crippen molar-refractivity contribution in [3.63, 3.8) is 0 Å². The average Bonchev–Trinajstić information content (AvgIpc) is 2.60. The van der Waals surface area contributed by atoms with Crippen LogP contribution in [0.2, 0.25) is 5.02 Å². The molecule has 0 saturated carbocycles. The molecule has 7 nitrogen and oxygen atoms in total. The summed E-state index contributed by atoms with van der Waals surface area (Å²) in [6.07, 6.45) is 1.19. The first-order chi connectivity index (χ1) is 12.4. The first-order valence-electron chi connectivity index (χ1n) is 7.76. The molecule has 0 aliphatic heterocycles. The molecular weight excluding hydrogens is 356 g/mol. The monoisotopic (exact) mass is 370 g/mol. The summed E-state index contributed by atoms with van der Waals surface area (Å²) in [6, 6.07) is 11.7. The molecule has 0 bridgehead atoms. The molecule has 0 fully saturated rings. The van der Waals surface area contributed by atoms with E-state index < -0.39 is 0 Å². The number of fused-ring (bicyclic) bond motifs is 1. The molecule has 1 heterocycles. The van der Waals surface area contributed by atoms with E-state index in [0.29, 0.717) is 27.3 Å². The van der Waals surface area contributed by atoms with Gasteiger partial charge < -0.3 is 10.6 Å². The van der Waals surface area contributed by atoms with Crippen LogP contribution in [0.4, 0.5) is 11.4 Å². The van der Waals surface area contributed by atoms with Gasteiger partial charge in [0.15, 0.2) is 0 Å². The highest BCUT2D eigenvalue weighted by Crippen LogP contribution is 2.25. The zero-order valence-corrected chi connectivity index (χ0v) is 14.6. The van der Waals surface area contributed by atoms with Crippen LogP contribution in [0.3, 0.4) is 0 Å². The molecule has 0 aliphatic rings. The number of halogens is 1. The maximum absolute atomic E-state index is 12.3. The summed E-state index contributed by atoms with van der Waals surface area (Å²) in [4.78, 5) is 35.2. The van der Waals surface area contributed by atoms with Crippen molar-refractivity contribution < 1.29 is 9.59 Å². The lowest BCUT2D eigenvalue weighted by atomic mass is 10.2. The van der Waals surface area contributed by atoms with Gasteiger partial charge in [-0.05, 0) is 30.3 Å². The summed E-state index contributed by atoms with van der Waals surface area (Å²) in [5.74, 6) is -0.561. The Hall–Kier alpha value is -3.19. The van der Waals surface area contributed by atoms with Crippen molar-refractivity contribution in [1.29, 1.82) is 0 Å². The van der Waals surface area contributed by atoms with E-state index in [4.69, 9.17) is 11.6 Å². The van der Waals surface area contributed by atoms with Crippen LogP contribution in [-0.2, 0) is 16.1 Å². The predicted octanol–water partition coefficient (Wildman–Crippen LogP) is 2.65. The summed E-state index contributed by atoms with van der Waals surface area (Å²) in [5, 5.41) is 10.1. The number of nitrogens with zero attached hydrogens (tertiary/aromatic N) is 2. The maximum Gasteiger partial charge on any atom is 0.246 e. The van der Waals surface area contributed by atoms with E-state index in [1.807, 2.05) is 0 Å². The molecule has 2 amide bonds. The molecule has 0 saturated heterocycles. The molecular formula is C18H15ClN4O3. The minimum absolute atomic E-state index is 0.0636. The van der Waals surface area contributed by atoms with E-state index in [0.717, 1.165) is 0 Å². The largest absolute Gasteiger partial charge is 0.325 e. The third-order valence-electron chi connectivity index (χ3n) is 3.62. The van der Waals surface area contributed by atoms with E-state index in [1.165, 1.54) is 17.8 Å². The van der Waals surface area contributed by atoms with Crippen molar-refractivity contribution in [3.05, 3.63) is 63.9 Å². The van der Waals surface area contributed by atoms with Gasteiger partial charge in [-0.1, -0.05) is 23.7 Å². The highest BCUT2D eigenvalue weighted by molar-refractivity contribution is 6.34. The van der Waals surface area contributed by atoms with Crippen LogP contribution in [0, 0.1) is 0 Å². The minimum atomic E-state index is -0.324. The average molecular weight is 371 g/mol. The SMILES string of the molecule is CC(=O)Nc1ccc(NC(=O)Cn2ncc(=O)c3ccccc32)cc1Cl. The van der Waals surface area contributed by atoms with Gasteiger partial charge in [-0.15, -0.1) is 0 Å². The number of rotatable bonds is 4. The molecule has 1 aromatic heterocycles. The highest BCUT2D eigenvalue weighted by Gasteiger charge is 2.10. The van der Waals surface area contributed by atoms with Crippen LogP contribution in [0.5, 0.6) is 0 Å². The summed E-state index contributed by atoms with van der Waals surface area (Å²) in [7, 11) is 0. The lowest BCUT2D eigenvalue weighted by Gasteiger charge is -2.11.